The zero-order valence-electron chi connectivity index (χ0n) is 17.3. The van der Waals surface area contributed by atoms with Gasteiger partial charge in [-0.3, -0.25) is 24.3 Å². The maximum absolute atomic E-state index is 12.4. The molecular formula is C22H18ClN7OS. The third kappa shape index (κ3) is 3.39. The van der Waals surface area contributed by atoms with Crippen LogP contribution in [0.15, 0.2) is 58.6 Å². The quantitative estimate of drug-likeness (QED) is 0.311. The van der Waals surface area contributed by atoms with Crippen molar-refractivity contribution in [2.45, 2.75) is 24.8 Å². The van der Waals surface area contributed by atoms with E-state index in [2.05, 4.69) is 15.2 Å². The first-order chi connectivity index (χ1) is 15.4. The number of thioether (sulfide) groups is 1. The number of aromatic amines is 1. The number of nitrogens with zero attached hydrogens (tertiary/aromatic N) is 5. The number of H-pyrrole nitrogens is 1. The fraction of sp³-hybridized carbons (Fsp3) is 0.136. The van der Waals surface area contributed by atoms with E-state index in [1.807, 2.05) is 38.1 Å². The number of hydrogen-bond acceptors (Lipinski definition) is 6. The molecule has 0 atom stereocenters. The highest BCUT2D eigenvalue weighted by atomic mass is 35.5. The Morgan fingerprint density at radius 3 is 2.84 bits per heavy atom. The molecule has 2 N–H and O–H groups in total. The molecule has 0 bridgehead atoms. The highest BCUT2D eigenvalue weighted by Crippen LogP contribution is 2.28. The summed E-state index contributed by atoms with van der Waals surface area (Å²) in [7, 11) is 0. The molecule has 5 aromatic rings. The molecule has 4 heterocycles. The standard InChI is InChI=1S/C22H18ClN7OS/c1-12-15(23)6-5-7-16(12)30-20(24)19-13(2)27-28-21(19)26-22(30)32-11-14-10-18(31)29-9-4-3-8-17(29)25-14/h3-10,24H,11H2,1-2H3,(H,27,28). The molecule has 5 rings (SSSR count). The summed E-state index contributed by atoms with van der Waals surface area (Å²) >= 11 is 7.76. The number of rotatable bonds is 4. The summed E-state index contributed by atoms with van der Waals surface area (Å²) in [6.07, 6.45) is 1.69. The summed E-state index contributed by atoms with van der Waals surface area (Å²) in [5, 5.41) is 17.9. The molecule has 0 fully saturated rings. The molecule has 0 unspecified atom stereocenters. The van der Waals surface area contributed by atoms with Gasteiger partial charge in [0.1, 0.15) is 11.1 Å². The summed E-state index contributed by atoms with van der Waals surface area (Å²) in [4.78, 5) is 21.7. The second kappa shape index (κ2) is 7.92. The Morgan fingerprint density at radius 2 is 2.00 bits per heavy atom. The molecule has 8 nitrogen and oxygen atoms in total. The van der Waals surface area contributed by atoms with E-state index in [-0.39, 0.29) is 11.0 Å². The van der Waals surface area contributed by atoms with Gasteiger partial charge in [0, 0.05) is 28.7 Å². The van der Waals surface area contributed by atoms with Crippen LogP contribution in [0.1, 0.15) is 17.0 Å². The lowest BCUT2D eigenvalue weighted by atomic mass is 10.2. The largest absolute Gasteiger partial charge is 0.283 e. The third-order valence-electron chi connectivity index (χ3n) is 5.23. The maximum Gasteiger partial charge on any atom is 0.258 e. The van der Waals surface area contributed by atoms with E-state index in [0.29, 0.717) is 38.3 Å². The van der Waals surface area contributed by atoms with Crippen LogP contribution in [-0.2, 0) is 5.75 Å². The Hall–Kier alpha value is -3.43. The van der Waals surface area contributed by atoms with Crippen LogP contribution in [-0.4, -0.2) is 29.1 Å². The summed E-state index contributed by atoms with van der Waals surface area (Å²) in [6, 6.07) is 12.5. The molecule has 32 heavy (non-hydrogen) atoms. The fourth-order valence-corrected chi connectivity index (χ4v) is 4.67. The average molecular weight is 464 g/mol. The van der Waals surface area contributed by atoms with Crippen LogP contribution in [0.3, 0.4) is 0 Å². The van der Waals surface area contributed by atoms with Crippen molar-refractivity contribution in [3.63, 3.8) is 0 Å². The summed E-state index contributed by atoms with van der Waals surface area (Å²) in [6.45, 7) is 3.78. The first-order valence-corrected chi connectivity index (χ1v) is 11.2. The molecule has 0 saturated carbocycles. The van der Waals surface area contributed by atoms with Crippen LogP contribution in [0.5, 0.6) is 0 Å². The summed E-state index contributed by atoms with van der Waals surface area (Å²) in [5.41, 5.74) is 4.20. The van der Waals surface area contributed by atoms with Gasteiger partial charge in [0.25, 0.3) is 5.56 Å². The summed E-state index contributed by atoms with van der Waals surface area (Å²) in [5.74, 6) is 0.404. The lowest BCUT2D eigenvalue weighted by molar-refractivity contribution is 0.782. The normalized spacial score (nSPS) is 11.5. The second-order valence-corrected chi connectivity index (χ2v) is 8.66. The van der Waals surface area contributed by atoms with Crippen molar-refractivity contribution in [2.75, 3.05) is 0 Å². The Bertz CT molecular complexity index is 1620. The molecule has 0 amide bonds. The molecule has 0 aliphatic rings. The van der Waals surface area contributed by atoms with Gasteiger partial charge in [0.05, 0.1) is 16.8 Å². The van der Waals surface area contributed by atoms with E-state index < -0.39 is 0 Å². The molecule has 160 valence electrons. The van der Waals surface area contributed by atoms with E-state index in [1.54, 1.807) is 22.9 Å². The molecule has 1 aromatic carbocycles. The first kappa shape index (κ1) is 20.5. The minimum atomic E-state index is -0.141. The topological polar surface area (TPSA) is 105 Å². The Kier molecular flexibility index (Phi) is 5.07. The van der Waals surface area contributed by atoms with Crippen molar-refractivity contribution in [3.05, 3.63) is 86.5 Å². The zero-order chi connectivity index (χ0) is 22.4. The number of hydrogen-bond donors (Lipinski definition) is 2. The predicted molar refractivity (Wildman–Crippen MR) is 125 cm³/mol. The van der Waals surface area contributed by atoms with Crippen molar-refractivity contribution in [1.82, 2.24) is 29.1 Å². The minimum Gasteiger partial charge on any atom is -0.283 e. The van der Waals surface area contributed by atoms with Crippen LogP contribution in [0.4, 0.5) is 0 Å². The van der Waals surface area contributed by atoms with Gasteiger partial charge >= 0.3 is 0 Å². The predicted octanol–water partition coefficient (Wildman–Crippen LogP) is 3.80. The molecule has 4 aromatic heterocycles. The van der Waals surface area contributed by atoms with Crippen molar-refractivity contribution < 1.29 is 0 Å². The maximum atomic E-state index is 12.4. The number of aryl methyl sites for hydroxylation is 1. The average Bonchev–Trinajstić information content (AvgIpc) is 3.15. The Labute approximate surface area is 191 Å². The number of fused-ring (bicyclic) bond motifs is 2. The van der Waals surface area contributed by atoms with Crippen LogP contribution >= 0.6 is 23.4 Å². The number of nitrogens with one attached hydrogen (secondary N) is 2. The van der Waals surface area contributed by atoms with Gasteiger partial charge in [-0.15, -0.1) is 0 Å². The SMILES string of the molecule is Cc1c(Cl)cccc1-n1c(SCc2cc(=O)n3ccccc3n2)nc2n[nH]c(C)c2c1=N. The molecule has 10 heteroatoms. The van der Waals surface area contributed by atoms with Crippen LogP contribution < -0.4 is 11.0 Å². The van der Waals surface area contributed by atoms with E-state index in [9.17, 15) is 4.79 Å². The van der Waals surface area contributed by atoms with Gasteiger partial charge < -0.3 is 0 Å². The number of benzene rings is 1. The van der Waals surface area contributed by atoms with Crippen molar-refractivity contribution in [1.29, 1.82) is 5.41 Å². The van der Waals surface area contributed by atoms with Gasteiger partial charge in [-0.1, -0.05) is 35.5 Å². The monoisotopic (exact) mass is 463 g/mol. The molecule has 0 radical (unpaired) electrons. The van der Waals surface area contributed by atoms with E-state index in [4.69, 9.17) is 22.0 Å². The zero-order valence-corrected chi connectivity index (χ0v) is 18.8. The minimum absolute atomic E-state index is 0.141. The first-order valence-electron chi connectivity index (χ1n) is 9.82. The van der Waals surface area contributed by atoms with Gasteiger partial charge in [-0.2, -0.15) is 5.10 Å². The van der Waals surface area contributed by atoms with Crippen molar-refractivity contribution in [3.8, 4) is 5.69 Å². The van der Waals surface area contributed by atoms with Gasteiger partial charge in [-0.25, -0.2) is 9.97 Å². The molecule has 0 aliphatic carbocycles. The van der Waals surface area contributed by atoms with Crippen LogP contribution in [0.2, 0.25) is 5.02 Å². The fourth-order valence-electron chi connectivity index (χ4n) is 3.60. The summed E-state index contributed by atoms with van der Waals surface area (Å²) < 4.78 is 3.27. The van der Waals surface area contributed by atoms with Crippen molar-refractivity contribution in [2.24, 2.45) is 0 Å². The number of aromatic nitrogens is 6. The molecule has 0 aliphatic heterocycles. The Morgan fingerprint density at radius 1 is 1.16 bits per heavy atom. The van der Waals surface area contributed by atoms with E-state index in [1.165, 1.54) is 22.2 Å². The van der Waals surface area contributed by atoms with E-state index >= 15 is 0 Å². The number of pyridine rings is 1. The smallest absolute Gasteiger partial charge is 0.258 e. The highest BCUT2D eigenvalue weighted by Gasteiger charge is 2.17. The molecule has 0 spiro atoms. The van der Waals surface area contributed by atoms with E-state index in [0.717, 1.165) is 16.9 Å². The van der Waals surface area contributed by atoms with Crippen LogP contribution in [0, 0.1) is 19.3 Å². The lowest BCUT2D eigenvalue weighted by Crippen LogP contribution is -2.23. The van der Waals surface area contributed by atoms with Gasteiger partial charge in [0.15, 0.2) is 10.8 Å². The van der Waals surface area contributed by atoms with Crippen LogP contribution in [0.25, 0.3) is 22.4 Å². The van der Waals surface area contributed by atoms with Gasteiger partial charge in [-0.05, 0) is 43.7 Å². The highest BCUT2D eigenvalue weighted by molar-refractivity contribution is 7.98. The molecule has 0 saturated heterocycles. The van der Waals surface area contributed by atoms with Gasteiger partial charge in [0.2, 0.25) is 0 Å². The molecular weight excluding hydrogens is 446 g/mol. The second-order valence-electron chi connectivity index (χ2n) is 7.31. The van der Waals surface area contributed by atoms with Crippen molar-refractivity contribution >= 4 is 40.0 Å². The third-order valence-corrected chi connectivity index (χ3v) is 6.62. The number of halogens is 1. The Balaban J connectivity index is 1.65. The lowest BCUT2D eigenvalue weighted by Gasteiger charge is -2.16.